The van der Waals surface area contributed by atoms with E-state index < -0.39 is 12.0 Å². The van der Waals surface area contributed by atoms with Crippen molar-refractivity contribution < 1.29 is 14.7 Å². The number of benzene rings is 2. The predicted molar refractivity (Wildman–Crippen MR) is 94.3 cm³/mol. The molecular formula is C19H17N3O3. The summed E-state index contributed by atoms with van der Waals surface area (Å²) in [4.78, 5) is 27.7. The van der Waals surface area contributed by atoms with Crippen LogP contribution < -0.4 is 5.32 Å². The quantitative estimate of drug-likeness (QED) is 0.791. The van der Waals surface area contributed by atoms with E-state index in [0.717, 1.165) is 0 Å². The molecule has 0 aromatic heterocycles. The van der Waals surface area contributed by atoms with Crippen LogP contribution in [-0.4, -0.2) is 22.7 Å². The first-order valence-corrected chi connectivity index (χ1v) is 7.60. The van der Waals surface area contributed by atoms with Crippen LogP contribution in [0.4, 0.5) is 5.69 Å². The van der Waals surface area contributed by atoms with Crippen LogP contribution in [0.2, 0.25) is 0 Å². The van der Waals surface area contributed by atoms with Crippen LogP contribution in [0.25, 0.3) is 0 Å². The maximum atomic E-state index is 12.1. The van der Waals surface area contributed by atoms with Crippen molar-refractivity contribution >= 4 is 23.3 Å². The molecule has 0 aliphatic rings. The van der Waals surface area contributed by atoms with E-state index in [0.29, 0.717) is 22.5 Å². The van der Waals surface area contributed by atoms with E-state index in [1.807, 2.05) is 6.07 Å². The molecule has 0 saturated carbocycles. The minimum absolute atomic E-state index is 0.0172. The molecule has 0 unspecified atom stereocenters. The Bertz CT molecular complexity index is 821. The number of anilines is 1. The van der Waals surface area contributed by atoms with Crippen LogP contribution in [0.1, 0.15) is 30.5 Å². The van der Waals surface area contributed by atoms with Crippen LogP contribution in [0.5, 0.6) is 0 Å². The van der Waals surface area contributed by atoms with Gasteiger partial charge in [0.05, 0.1) is 18.1 Å². The van der Waals surface area contributed by atoms with Crippen molar-refractivity contribution in [2.45, 2.75) is 19.4 Å². The number of carbonyl (C=O) groups is 2. The van der Waals surface area contributed by atoms with Crippen molar-refractivity contribution in [2.24, 2.45) is 4.99 Å². The van der Waals surface area contributed by atoms with Gasteiger partial charge in [0, 0.05) is 11.4 Å². The number of rotatable bonds is 6. The van der Waals surface area contributed by atoms with Crippen LogP contribution in [-0.2, 0) is 9.59 Å². The van der Waals surface area contributed by atoms with Gasteiger partial charge in [-0.25, -0.2) is 4.79 Å². The molecule has 0 spiro atoms. The molecule has 1 amide bonds. The minimum atomic E-state index is -1.07. The van der Waals surface area contributed by atoms with Gasteiger partial charge >= 0.3 is 5.97 Å². The molecular weight excluding hydrogens is 318 g/mol. The van der Waals surface area contributed by atoms with Gasteiger partial charge in [-0.1, -0.05) is 30.3 Å². The first kappa shape index (κ1) is 17.9. The third-order valence-electron chi connectivity index (χ3n) is 3.41. The zero-order chi connectivity index (χ0) is 18.2. The number of nitrogens with zero attached hydrogens (tertiary/aromatic N) is 2. The Balaban J connectivity index is 2.04. The van der Waals surface area contributed by atoms with Gasteiger partial charge in [-0.05, 0) is 36.8 Å². The van der Waals surface area contributed by atoms with Crippen molar-refractivity contribution in [2.75, 3.05) is 5.32 Å². The molecule has 0 radical (unpaired) electrons. The molecule has 0 bridgehead atoms. The van der Waals surface area contributed by atoms with Crippen LogP contribution in [0, 0.1) is 11.3 Å². The molecule has 6 nitrogen and oxygen atoms in total. The van der Waals surface area contributed by atoms with Crippen LogP contribution in [0.15, 0.2) is 59.6 Å². The summed E-state index contributed by atoms with van der Waals surface area (Å²) in [6.07, 6.45) is -0.0172. The second-order valence-corrected chi connectivity index (χ2v) is 5.43. The fourth-order valence-corrected chi connectivity index (χ4v) is 2.24. The third kappa shape index (κ3) is 5.29. The SMILES string of the molecule is CC(CC(=O)Nc1ccc(C#N)cc1)=N[C@H](C(=O)O)c1ccccc1. The van der Waals surface area contributed by atoms with Crippen molar-refractivity contribution in [1.29, 1.82) is 5.26 Å². The van der Waals surface area contributed by atoms with Gasteiger partial charge in [0.15, 0.2) is 6.04 Å². The average Bonchev–Trinajstić information content (AvgIpc) is 2.60. The fourth-order valence-electron chi connectivity index (χ4n) is 2.24. The predicted octanol–water partition coefficient (Wildman–Crippen LogP) is 3.17. The number of aliphatic carboxylic acids is 1. The Kier molecular flexibility index (Phi) is 6.02. The van der Waals surface area contributed by atoms with Crippen molar-refractivity contribution in [3.05, 3.63) is 65.7 Å². The molecule has 0 aliphatic carbocycles. The summed E-state index contributed by atoms with van der Waals surface area (Å²) >= 11 is 0. The molecule has 0 heterocycles. The number of hydrogen-bond donors (Lipinski definition) is 2. The highest BCUT2D eigenvalue weighted by atomic mass is 16.4. The monoisotopic (exact) mass is 335 g/mol. The van der Waals surface area contributed by atoms with Gasteiger partial charge in [0.2, 0.25) is 5.91 Å². The first-order valence-electron chi connectivity index (χ1n) is 7.60. The molecule has 0 saturated heterocycles. The summed E-state index contributed by atoms with van der Waals surface area (Å²) in [6.45, 7) is 1.62. The van der Waals surface area contributed by atoms with Gasteiger partial charge in [0.25, 0.3) is 0 Å². The third-order valence-corrected chi connectivity index (χ3v) is 3.41. The number of carboxylic acids is 1. The highest BCUT2D eigenvalue weighted by molar-refractivity contribution is 6.06. The molecule has 2 rings (SSSR count). The van der Waals surface area contributed by atoms with Crippen molar-refractivity contribution in [1.82, 2.24) is 0 Å². The lowest BCUT2D eigenvalue weighted by Crippen LogP contribution is -2.17. The molecule has 6 heteroatoms. The zero-order valence-electron chi connectivity index (χ0n) is 13.6. The second-order valence-electron chi connectivity index (χ2n) is 5.43. The number of carboxylic acid groups (broad SMARTS) is 1. The van der Waals surface area contributed by atoms with E-state index in [1.165, 1.54) is 0 Å². The van der Waals surface area contributed by atoms with E-state index in [-0.39, 0.29) is 12.3 Å². The van der Waals surface area contributed by atoms with Gasteiger partial charge in [-0.2, -0.15) is 5.26 Å². The van der Waals surface area contributed by atoms with E-state index in [1.54, 1.807) is 61.5 Å². The summed E-state index contributed by atoms with van der Waals surface area (Å²) in [6, 6.07) is 16.1. The summed E-state index contributed by atoms with van der Waals surface area (Å²) in [5.41, 5.74) is 2.04. The lowest BCUT2D eigenvalue weighted by Gasteiger charge is -2.10. The highest BCUT2D eigenvalue weighted by Crippen LogP contribution is 2.18. The average molecular weight is 335 g/mol. The lowest BCUT2D eigenvalue weighted by atomic mass is 10.1. The Hall–Kier alpha value is -3.46. The molecule has 2 N–H and O–H groups in total. The maximum Gasteiger partial charge on any atom is 0.333 e. The van der Waals surface area contributed by atoms with Crippen LogP contribution in [0.3, 0.4) is 0 Å². The van der Waals surface area contributed by atoms with Crippen molar-refractivity contribution in [3.8, 4) is 6.07 Å². The molecule has 2 aromatic rings. The molecule has 1 atom stereocenters. The molecule has 0 fully saturated rings. The number of hydrogen-bond acceptors (Lipinski definition) is 4. The standard InChI is InChI=1S/C19H17N3O3/c1-13(21-18(19(24)25)15-5-3-2-4-6-15)11-17(23)22-16-9-7-14(12-20)8-10-16/h2-10,18H,11H2,1H3,(H,22,23)(H,24,25)/t18-/m0/s1. The van der Waals surface area contributed by atoms with Gasteiger partial charge in [-0.3, -0.25) is 9.79 Å². The largest absolute Gasteiger partial charge is 0.479 e. The normalized spacial score (nSPS) is 12.1. The number of nitriles is 1. The second kappa shape index (κ2) is 8.41. The van der Waals surface area contributed by atoms with E-state index >= 15 is 0 Å². The van der Waals surface area contributed by atoms with Gasteiger partial charge in [-0.15, -0.1) is 0 Å². The minimum Gasteiger partial charge on any atom is -0.479 e. The fraction of sp³-hybridized carbons (Fsp3) is 0.158. The number of nitrogens with one attached hydrogen (secondary N) is 1. The summed E-state index contributed by atoms with van der Waals surface area (Å²) < 4.78 is 0. The van der Waals surface area contributed by atoms with E-state index in [4.69, 9.17) is 5.26 Å². The maximum absolute atomic E-state index is 12.1. The smallest absolute Gasteiger partial charge is 0.333 e. The number of aliphatic imine (C=N–C) groups is 1. The Labute approximate surface area is 145 Å². The van der Waals surface area contributed by atoms with E-state index in [9.17, 15) is 14.7 Å². The highest BCUT2D eigenvalue weighted by Gasteiger charge is 2.19. The molecule has 0 aliphatic heterocycles. The molecule has 126 valence electrons. The Morgan fingerprint density at radius 1 is 1.16 bits per heavy atom. The Morgan fingerprint density at radius 3 is 2.36 bits per heavy atom. The lowest BCUT2D eigenvalue weighted by molar-refractivity contribution is -0.138. The van der Waals surface area contributed by atoms with Crippen LogP contribution >= 0.6 is 0 Å². The molecule has 25 heavy (non-hydrogen) atoms. The first-order chi connectivity index (χ1) is 12.0. The van der Waals surface area contributed by atoms with E-state index in [2.05, 4.69) is 10.3 Å². The van der Waals surface area contributed by atoms with Gasteiger partial charge < -0.3 is 10.4 Å². The topological polar surface area (TPSA) is 103 Å². The van der Waals surface area contributed by atoms with Crippen molar-refractivity contribution in [3.63, 3.8) is 0 Å². The number of amides is 1. The number of carbonyl (C=O) groups excluding carboxylic acids is 1. The summed E-state index contributed by atoms with van der Waals surface area (Å²) in [5, 5.41) is 20.8. The summed E-state index contributed by atoms with van der Waals surface area (Å²) in [5.74, 6) is -1.37. The summed E-state index contributed by atoms with van der Waals surface area (Å²) in [7, 11) is 0. The Morgan fingerprint density at radius 2 is 1.80 bits per heavy atom. The van der Waals surface area contributed by atoms with Gasteiger partial charge in [0.1, 0.15) is 0 Å². The zero-order valence-corrected chi connectivity index (χ0v) is 13.6. The molecule has 2 aromatic carbocycles.